The number of rotatable bonds is 14. The van der Waals surface area contributed by atoms with Crippen LogP contribution in [-0.2, 0) is 6.42 Å². The van der Waals surface area contributed by atoms with E-state index in [0.29, 0.717) is 17.8 Å². The Labute approximate surface area is 210 Å². The van der Waals surface area contributed by atoms with Crippen molar-refractivity contribution in [2.45, 2.75) is 110 Å². The van der Waals surface area contributed by atoms with E-state index in [9.17, 15) is 5.11 Å². The van der Waals surface area contributed by atoms with E-state index in [4.69, 9.17) is 5.11 Å². The lowest BCUT2D eigenvalue weighted by Crippen LogP contribution is -2.18. The van der Waals surface area contributed by atoms with Gasteiger partial charge in [-0.3, -0.25) is 0 Å². The lowest BCUT2D eigenvalue weighted by atomic mass is 9.88. The second kappa shape index (κ2) is 18.7. The monoisotopic (exact) mass is 471 g/mol. The van der Waals surface area contributed by atoms with E-state index in [1.165, 1.54) is 62.6 Å². The van der Waals surface area contributed by atoms with Gasteiger partial charge in [-0.2, -0.15) is 0 Å². The third-order valence-corrected chi connectivity index (χ3v) is 7.01. The Morgan fingerprint density at radius 3 is 2.38 bits per heavy atom. The Bertz CT molecular complexity index is 653. The zero-order chi connectivity index (χ0) is 25.2. The highest BCUT2D eigenvalue weighted by molar-refractivity contribution is 5.15. The molecule has 3 nitrogen and oxygen atoms in total. The van der Waals surface area contributed by atoms with E-state index >= 15 is 0 Å². The van der Waals surface area contributed by atoms with Gasteiger partial charge in [0.1, 0.15) is 0 Å². The van der Waals surface area contributed by atoms with Crippen LogP contribution in [0.2, 0.25) is 0 Å². The maximum atomic E-state index is 10.5. The number of hydrogen-bond acceptors (Lipinski definition) is 3. The molecule has 1 aromatic rings. The number of allylic oxidation sites excluding steroid dienone is 3. The first-order valence-electron chi connectivity index (χ1n) is 13.9. The van der Waals surface area contributed by atoms with Crippen LogP contribution in [0, 0.1) is 17.8 Å². The molecule has 4 atom stereocenters. The van der Waals surface area contributed by atoms with Crippen molar-refractivity contribution in [2.24, 2.45) is 17.8 Å². The molecule has 34 heavy (non-hydrogen) atoms. The van der Waals surface area contributed by atoms with E-state index in [2.05, 4.69) is 61.3 Å². The van der Waals surface area contributed by atoms with Crippen LogP contribution in [0.5, 0.6) is 0 Å². The number of aryl methyl sites for hydroxylation is 1. The number of nitrogens with one attached hydrogen (secondary N) is 1. The minimum absolute atomic E-state index is 0.0956. The molecule has 3 N–H and O–H groups in total. The van der Waals surface area contributed by atoms with E-state index in [1.54, 1.807) is 0 Å². The zero-order valence-corrected chi connectivity index (χ0v) is 22.5. The highest BCUT2D eigenvalue weighted by Crippen LogP contribution is 2.37. The average Bonchev–Trinajstić information content (AvgIpc) is 3.62. The van der Waals surface area contributed by atoms with Gasteiger partial charge < -0.3 is 15.5 Å². The van der Waals surface area contributed by atoms with Crippen molar-refractivity contribution >= 4 is 0 Å². The van der Waals surface area contributed by atoms with E-state index < -0.39 is 0 Å². The van der Waals surface area contributed by atoms with Gasteiger partial charge in [0.25, 0.3) is 0 Å². The maximum Gasteiger partial charge on any atom is 0.0574 e. The van der Waals surface area contributed by atoms with Gasteiger partial charge in [-0.25, -0.2) is 0 Å². The molecule has 2 saturated carbocycles. The summed E-state index contributed by atoms with van der Waals surface area (Å²) in [5.74, 6) is 1.64. The van der Waals surface area contributed by atoms with Gasteiger partial charge in [-0.15, -0.1) is 0 Å². The van der Waals surface area contributed by atoms with Gasteiger partial charge in [0, 0.05) is 18.8 Å². The van der Waals surface area contributed by atoms with Gasteiger partial charge in [-0.05, 0) is 81.1 Å². The third kappa shape index (κ3) is 12.8. The molecule has 2 fully saturated rings. The smallest absolute Gasteiger partial charge is 0.0574 e. The molecule has 3 rings (SSSR count). The van der Waals surface area contributed by atoms with Crippen LogP contribution in [0.25, 0.3) is 0 Å². The molecule has 3 heteroatoms. The molecule has 0 heterocycles. The summed E-state index contributed by atoms with van der Waals surface area (Å²) in [5.41, 5.74) is 2.66. The molecule has 0 aliphatic heterocycles. The molecule has 0 bridgehead atoms. The van der Waals surface area contributed by atoms with Crippen molar-refractivity contribution in [3.63, 3.8) is 0 Å². The number of unbranched alkanes of at least 4 members (excludes halogenated alkanes) is 3. The molecular formula is C31H53NO2. The highest BCUT2D eigenvalue weighted by atomic mass is 16.3. The second-order valence-corrected chi connectivity index (χ2v) is 9.83. The first kappa shape index (κ1) is 30.5. The van der Waals surface area contributed by atoms with Crippen molar-refractivity contribution < 1.29 is 10.2 Å². The molecule has 0 amide bonds. The minimum atomic E-state index is -0.0956. The predicted octanol–water partition coefficient (Wildman–Crippen LogP) is 7.44. The molecule has 1 aromatic carbocycles. The van der Waals surface area contributed by atoms with Crippen molar-refractivity contribution in [3.8, 4) is 0 Å². The number of aliphatic hydroxyl groups is 2. The summed E-state index contributed by atoms with van der Waals surface area (Å²) < 4.78 is 0. The summed E-state index contributed by atoms with van der Waals surface area (Å²) in [7, 11) is 1.00. The maximum absolute atomic E-state index is 10.5. The molecule has 0 saturated heterocycles. The molecular weight excluding hydrogens is 418 g/mol. The fourth-order valence-corrected chi connectivity index (χ4v) is 4.85. The van der Waals surface area contributed by atoms with Gasteiger partial charge in [0.2, 0.25) is 0 Å². The van der Waals surface area contributed by atoms with Crippen LogP contribution in [0.3, 0.4) is 0 Å². The quantitative estimate of drug-likeness (QED) is 0.195. The molecule has 2 aliphatic rings. The van der Waals surface area contributed by atoms with Crippen LogP contribution in [0.15, 0.2) is 54.8 Å². The first-order chi connectivity index (χ1) is 16.6. The number of benzene rings is 1. The van der Waals surface area contributed by atoms with Crippen LogP contribution >= 0.6 is 0 Å². The van der Waals surface area contributed by atoms with Crippen molar-refractivity contribution in [1.29, 1.82) is 0 Å². The fraction of sp³-hybridized carbons (Fsp3) is 0.677. The number of hydrogen-bond donors (Lipinski definition) is 3. The molecule has 1 unspecified atom stereocenters. The topological polar surface area (TPSA) is 52.5 Å². The van der Waals surface area contributed by atoms with Crippen molar-refractivity contribution in [3.05, 3.63) is 60.3 Å². The average molecular weight is 472 g/mol. The lowest BCUT2D eigenvalue weighted by Gasteiger charge is -2.20. The Morgan fingerprint density at radius 2 is 1.71 bits per heavy atom. The van der Waals surface area contributed by atoms with Gasteiger partial charge in [-0.1, -0.05) is 89.1 Å². The first-order valence-corrected chi connectivity index (χ1v) is 13.9. The van der Waals surface area contributed by atoms with Gasteiger partial charge in [0.15, 0.2) is 0 Å². The van der Waals surface area contributed by atoms with Crippen LogP contribution in [0.1, 0.15) is 97.0 Å². The number of aliphatic hydroxyl groups excluding tert-OH is 2. The van der Waals surface area contributed by atoms with E-state index in [-0.39, 0.29) is 6.10 Å². The van der Waals surface area contributed by atoms with Gasteiger partial charge >= 0.3 is 0 Å². The summed E-state index contributed by atoms with van der Waals surface area (Å²) in [6, 6.07) is 11.5. The highest BCUT2D eigenvalue weighted by Gasteiger charge is 2.32. The molecule has 0 spiro atoms. The summed E-state index contributed by atoms with van der Waals surface area (Å²) in [6.07, 6.45) is 19.2. The summed E-state index contributed by atoms with van der Waals surface area (Å²) in [6.45, 7) is 10.5. The second-order valence-electron chi connectivity index (χ2n) is 9.83. The van der Waals surface area contributed by atoms with Crippen molar-refractivity contribution in [2.75, 3.05) is 7.11 Å². The van der Waals surface area contributed by atoms with Crippen LogP contribution in [0.4, 0.5) is 0 Å². The van der Waals surface area contributed by atoms with Crippen LogP contribution < -0.4 is 5.32 Å². The van der Waals surface area contributed by atoms with Crippen molar-refractivity contribution in [1.82, 2.24) is 5.32 Å². The fourth-order valence-electron chi connectivity index (χ4n) is 4.85. The Balaban J connectivity index is 0.00000137. The standard InChI is InChI=1S/C28H43NO.C2H6.CH4O/c1-22(14-16-24-11-7-5-8-12-24)15-17-25-18-21-28(30)27(25)13-9-4-3-6-10-23(2)29-26-19-20-26;2*1-2/h5,7-8,11-12,15,17,22,25-30H,2-4,6,9-10,13-14,16,18-21H2,1H3;1-2H3;2H,1H3/b17-15+;;/t22-,25?,27+,28-;;/m0../s1. The summed E-state index contributed by atoms with van der Waals surface area (Å²) >= 11 is 0. The van der Waals surface area contributed by atoms with Crippen LogP contribution in [-0.4, -0.2) is 29.5 Å². The Hall–Kier alpha value is -1.58. The summed E-state index contributed by atoms with van der Waals surface area (Å²) in [4.78, 5) is 0. The molecule has 2 aliphatic carbocycles. The predicted molar refractivity (Wildman–Crippen MR) is 148 cm³/mol. The zero-order valence-electron chi connectivity index (χ0n) is 22.5. The normalized spacial score (nSPS) is 22.4. The van der Waals surface area contributed by atoms with E-state index in [0.717, 1.165) is 38.8 Å². The minimum Gasteiger partial charge on any atom is -0.400 e. The molecule has 194 valence electrons. The largest absolute Gasteiger partial charge is 0.400 e. The Kier molecular flexibility index (Phi) is 16.8. The Morgan fingerprint density at radius 1 is 1.03 bits per heavy atom. The van der Waals surface area contributed by atoms with Gasteiger partial charge in [0.05, 0.1) is 6.10 Å². The summed E-state index contributed by atoms with van der Waals surface area (Å²) in [5, 5.41) is 21.0. The molecule has 0 aromatic heterocycles. The lowest BCUT2D eigenvalue weighted by molar-refractivity contribution is 0.117. The molecule has 0 radical (unpaired) electrons. The third-order valence-electron chi connectivity index (χ3n) is 7.01. The SMILES string of the molecule is C=C(CCCCCC[C@@H]1C(/C=C/[C@@H](C)CCc2ccccc2)CC[C@@H]1O)NC1CC1.CC.CO. The van der Waals surface area contributed by atoms with E-state index in [1.807, 2.05) is 13.8 Å².